The van der Waals surface area contributed by atoms with Crippen LogP contribution in [0.1, 0.15) is 32.3 Å². The Kier molecular flexibility index (Phi) is 6.87. The summed E-state index contributed by atoms with van der Waals surface area (Å²) in [6, 6.07) is 2.06. The quantitative estimate of drug-likeness (QED) is 0.614. The molecule has 0 aromatic heterocycles. The smallest absolute Gasteiger partial charge is 0.194 e. The number of benzene rings is 1. The van der Waals surface area contributed by atoms with Crippen LogP contribution in [0.2, 0.25) is 0 Å². The molecule has 0 aliphatic carbocycles. The molecule has 0 radical (unpaired) electrons. The highest BCUT2D eigenvalue weighted by Gasteiger charge is 2.21. The van der Waals surface area contributed by atoms with Gasteiger partial charge in [-0.15, -0.1) is 0 Å². The van der Waals surface area contributed by atoms with E-state index < -0.39 is 17.5 Å². The first-order valence-corrected chi connectivity index (χ1v) is 8.17. The molecule has 1 aliphatic rings. The van der Waals surface area contributed by atoms with Crippen molar-refractivity contribution in [1.29, 1.82) is 0 Å². The predicted molar refractivity (Wildman–Crippen MR) is 83.7 cm³/mol. The van der Waals surface area contributed by atoms with Crippen molar-refractivity contribution >= 4 is 0 Å². The van der Waals surface area contributed by atoms with Crippen LogP contribution in [-0.2, 0) is 11.3 Å². The Labute approximate surface area is 135 Å². The molecule has 3 nitrogen and oxygen atoms in total. The normalized spacial score (nSPS) is 22.5. The van der Waals surface area contributed by atoms with Gasteiger partial charge in [0.05, 0.1) is 12.2 Å². The maximum Gasteiger partial charge on any atom is 0.194 e. The average molecular weight is 330 g/mol. The second-order valence-electron chi connectivity index (χ2n) is 6.27. The maximum atomic E-state index is 13.1. The molecule has 1 aromatic carbocycles. The topological polar surface area (TPSA) is 24.5 Å². The van der Waals surface area contributed by atoms with Crippen LogP contribution in [0.15, 0.2) is 12.1 Å². The minimum atomic E-state index is -1.41. The van der Waals surface area contributed by atoms with Gasteiger partial charge in [-0.2, -0.15) is 0 Å². The lowest BCUT2D eigenvalue weighted by molar-refractivity contribution is -0.0681. The van der Waals surface area contributed by atoms with Gasteiger partial charge in [0.25, 0.3) is 0 Å². The standard InChI is InChI=1S/C17H25F3N2O/c1-12-10-22(11-13(2)23-12)6-4-3-5-21-9-14-7-15(18)17(20)16(19)8-14/h7-8,12-13,21H,3-6,9-11H2,1-2H3. The Morgan fingerprint density at radius 2 is 1.70 bits per heavy atom. The zero-order chi connectivity index (χ0) is 16.8. The van der Waals surface area contributed by atoms with Gasteiger partial charge in [0.15, 0.2) is 17.5 Å². The molecule has 130 valence electrons. The lowest BCUT2D eigenvalue weighted by Gasteiger charge is -2.35. The van der Waals surface area contributed by atoms with Gasteiger partial charge in [-0.3, -0.25) is 4.90 Å². The van der Waals surface area contributed by atoms with E-state index in [1.807, 2.05) is 0 Å². The highest BCUT2D eigenvalue weighted by atomic mass is 19.2. The van der Waals surface area contributed by atoms with E-state index in [1.165, 1.54) is 0 Å². The molecule has 1 heterocycles. The highest BCUT2D eigenvalue weighted by molar-refractivity contribution is 5.19. The van der Waals surface area contributed by atoms with E-state index in [0.29, 0.717) is 12.1 Å². The molecule has 0 spiro atoms. The van der Waals surface area contributed by atoms with Crippen LogP contribution in [0.3, 0.4) is 0 Å². The van der Waals surface area contributed by atoms with Crippen molar-refractivity contribution < 1.29 is 17.9 Å². The molecule has 1 N–H and O–H groups in total. The molecule has 1 aliphatic heterocycles. The summed E-state index contributed by atoms with van der Waals surface area (Å²) in [5.74, 6) is -3.70. The lowest BCUT2D eigenvalue weighted by atomic mass is 10.2. The number of nitrogens with zero attached hydrogens (tertiary/aromatic N) is 1. The largest absolute Gasteiger partial charge is 0.373 e. The minimum absolute atomic E-state index is 0.278. The summed E-state index contributed by atoms with van der Waals surface area (Å²) in [4.78, 5) is 2.41. The molecule has 0 saturated carbocycles. The molecule has 0 bridgehead atoms. The third-order valence-corrected chi connectivity index (χ3v) is 3.95. The van der Waals surface area contributed by atoms with Gasteiger partial charge in [0, 0.05) is 19.6 Å². The lowest BCUT2D eigenvalue weighted by Crippen LogP contribution is -2.45. The molecule has 23 heavy (non-hydrogen) atoms. The molecule has 2 atom stereocenters. The first kappa shape index (κ1) is 18.2. The van der Waals surface area contributed by atoms with E-state index in [0.717, 1.165) is 51.2 Å². The molecule has 6 heteroatoms. The van der Waals surface area contributed by atoms with Crippen molar-refractivity contribution in [3.63, 3.8) is 0 Å². The van der Waals surface area contributed by atoms with Crippen molar-refractivity contribution in [2.45, 2.75) is 45.4 Å². The number of hydrogen-bond acceptors (Lipinski definition) is 3. The van der Waals surface area contributed by atoms with Crippen LogP contribution in [0.25, 0.3) is 0 Å². The summed E-state index contributed by atoms with van der Waals surface area (Å²) in [7, 11) is 0. The fourth-order valence-electron chi connectivity index (χ4n) is 3.00. The molecule has 1 aromatic rings. The summed E-state index contributed by atoms with van der Waals surface area (Å²) in [5.41, 5.74) is 0.414. The fraction of sp³-hybridized carbons (Fsp3) is 0.647. The summed E-state index contributed by atoms with van der Waals surface area (Å²) in [5, 5.41) is 3.13. The molecule has 2 unspecified atom stereocenters. The third kappa shape index (κ3) is 5.79. The van der Waals surface area contributed by atoms with Gasteiger partial charge in [-0.05, 0) is 57.5 Å². The van der Waals surface area contributed by atoms with Gasteiger partial charge in [0.2, 0.25) is 0 Å². The molecular formula is C17H25F3N2O. The van der Waals surface area contributed by atoms with Gasteiger partial charge < -0.3 is 10.1 Å². The molecule has 2 rings (SSSR count). The molecule has 1 saturated heterocycles. The number of nitrogens with one attached hydrogen (secondary N) is 1. The Hall–Kier alpha value is -1.11. The van der Waals surface area contributed by atoms with Crippen molar-refractivity contribution in [2.24, 2.45) is 0 Å². The van der Waals surface area contributed by atoms with Gasteiger partial charge in [-0.25, -0.2) is 13.2 Å². The Bertz CT molecular complexity index is 480. The fourth-order valence-corrected chi connectivity index (χ4v) is 3.00. The highest BCUT2D eigenvalue weighted by Crippen LogP contribution is 2.13. The zero-order valence-corrected chi connectivity index (χ0v) is 13.7. The van der Waals surface area contributed by atoms with Gasteiger partial charge in [-0.1, -0.05) is 0 Å². The molecule has 1 fully saturated rings. The first-order chi connectivity index (χ1) is 11.0. The Balaban J connectivity index is 1.61. The SMILES string of the molecule is CC1CN(CCCCNCc2cc(F)c(F)c(F)c2)CC(C)O1. The molecule has 0 amide bonds. The predicted octanol–water partition coefficient (Wildman–Crippen LogP) is 3.08. The van der Waals surface area contributed by atoms with E-state index >= 15 is 0 Å². The van der Waals surface area contributed by atoms with E-state index in [9.17, 15) is 13.2 Å². The van der Waals surface area contributed by atoms with Crippen LogP contribution in [0, 0.1) is 17.5 Å². The summed E-state index contributed by atoms with van der Waals surface area (Å²) in [6.45, 7) is 8.23. The third-order valence-electron chi connectivity index (χ3n) is 3.95. The van der Waals surface area contributed by atoms with Crippen LogP contribution >= 0.6 is 0 Å². The van der Waals surface area contributed by atoms with Crippen molar-refractivity contribution in [3.8, 4) is 0 Å². The summed E-state index contributed by atoms with van der Waals surface area (Å²) >= 11 is 0. The van der Waals surface area contributed by atoms with Crippen LogP contribution in [0.4, 0.5) is 13.2 Å². The first-order valence-electron chi connectivity index (χ1n) is 8.17. The second-order valence-corrected chi connectivity index (χ2v) is 6.27. The van der Waals surface area contributed by atoms with Gasteiger partial charge in [0.1, 0.15) is 0 Å². The monoisotopic (exact) mass is 330 g/mol. The number of hydrogen-bond donors (Lipinski definition) is 1. The van der Waals surface area contributed by atoms with Crippen LogP contribution in [-0.4, -0.2) is 43.3 Å². The Morgan fingerprint density at radius 3 is 2.30 bits per heavy atom. The van der Waals surface area contributed by atoms with E-state index in [2.05, 4.69) is 24.1 Å². The summed E-state index contributed by atoms with van der Waals surface area (Å²) < 4.78 is 44.7. The number of rotatable bonds is 7. The zero-order valence-electron chi connectivity index (χ0n) is 13.7. The van der Waals surface area contributed by atoms with Crippen LogP contribution < -0.4 is 5.32 Å². The number of morpholine rings is 1. The van der Waals surface area contributed by atoms with E-state index in [4.69, 9.17) is 4.74 Å². The van der Waals surface area contributed by atoms with Crippen molar-refractivity contribution in [2.75, 3.05) is 26.2 Å². The number of unbranched alkanes of at least 4 members (excludes halogenated alkanes) is 1. The van der Waals surface area contributed by atoms with Crippen molar-refractivity contribution in [1.82, 2.24) is 10.2 Å². The number of halogens is 3. The second kappa shape index (κ2) is 8.66. The maximum absolute atomic E-state index is 13.1. The summed E-state index contributed by atoms with van der Waals surface area (Å²) in [6.07, 6.45) is 2.59. The van der Waals surface area contributed by atoms with Gasteiger partial charge >= 0.3 is 0 Å². The van der Waals surface area contributed by atoms with Crippen LogP contribution in [0.5, 0.6) is 0 Å². The van der Waals surface area contributed by atoms with E-state index in [1.54, 1.807) is 0 Å². The van der Waals surface area contributed by atoms with E-state index in [-0.39, 0.29) is 12.2 Å². The minimum Gasteiger partial charge on any atom is -0.373 e. The number of ether oxygens (including phenoxy) is 1. The molecular weight excluding hydrogens is 305 g/mol. The average Bonchev–Trinajstić information content (AvgIpc) is 2.47. The Morgan fingerprint density at radius 1 is 1.09 bits per heavy atom. The van der Waals surface area contributed by atoms with Crippen molar-refractivity contribution in [3.05, 3.63) is 35.1 Å².